The lowest BCUT2D eigenvalue weighted by molar-refractivity contribution is 1.05. The Bertz CT molecular complexity index is 632. The van der Waals surface area contributed by atoms with Gasteiger partial charge in [0.25, 0.3) is 0 Å². The minimum atomic E-state index is 1.11. The lowest BCUT2D eigenvalue weighted by Crippen LogP contribution is -2.01. The summed E-state index contributed by atoms with van der Waals surface area (Å²) in [7, 11) is 0. The van der Waals surface area contributed by atoms with E-state index < -0.39 is 0 Å². The second kappa shape index (κ2) is 3.33. The number of hydrogen-bond acceptors (Lipinski definition) is 0. The second-order valence-electron chi connectivity index (χ2n) is 4.94. The van der Waals surface area contributed by atoms with Gasteiger partial charge in [-0.1, -0.05) is 48.6 Å². The van der Waals surface area contributed by atoms with Crippen LogP contribution >= 0.6 is 0 Å². The maximum Gasteiger partial charge on any atom is -0.00105 e. The number of allylic oxidation sites excluding steroid dienone is 2. The number of hydrogen-bond donors (Lipinski definition) is 0. The Morgan fingerprint density at radius 2 is 1.53 bits per heavy atom. The molecule has 0 N–H and O–H groups in total. The van der Waals surface area contributed by atoms with Crippen LogP contribution in [0.1, 0.15) is 22.3 Å². The molecule has 0 radical (unpaired) electrons. The van der Waals surface area contributed by atoms with Crippen LogP contribution in [0.2, 0.25) is 0 Å². The van der Waals surface area contributed by atoms with E-state index in [0.717, 1.165) is 19.3 Å². The van der Waals surface area contributed by atoms with E-state index in [1.54, 1.807) is 11.1 Å². The summed E-state index contributed by atoms with van der Waals surface area (Å²) in [5.74, 6) is 0. The van der Waals surface area contributed by atoms with Gasteiger partial charge in [-0.25, -0.2) is 0 Å². The fourth-order valence-electron chi connectivity index (χ4n) is 3.18. The highest BCUT2D eigenvalue weighted by atomic mass is 14.3. The molecule has 0 aromatic heterocycles. The Balaban J connectivity index is 1.98. The monoisotopic (exact) mass is 218 g/mol. The molecular weight excluding hydrogens is 204 g/mol. The van der Waals surface area contributed by atoms with Crippen LogP contribution in [0.15, 0.2) is 48.6 Å². The molecule has 0 unspecified atom stereocenters. The van der Waals surface area contributed by atoms with Gasteiger partial charge < -0.3 is 0 Å². The van der Waals surface area contributed by atoms with Gasteiger partial charge in [-0.05, 0) is 52.6 Å². The van der Waals surface area contributed by atoms with E-state index in [0.29, 0.717) is 0 Å². The van der Waals surface area contributed by atoms with Gasteiger partial charge in [-0.3, -0.25) is 0 Å². The van der Waals surface area contributed by atoms with Gasteiger partial charge in [0, 0.05) is 0 Å². The molecule has 17 heavy (non-hydrogen) atoms. The van der Waals surface area contributed by atoms with E-state index in [1.165, 1.54) is 22.3 Å². The summed E-state index contributed by atoms with van der Waals surface area (Å²) >= 11 is 0. The van der Waals surface area contributed by atoms with Crippen LogP contribution in [0.5, 0.6) is 0 Å². The molecule has 0 bridgehead atoms. The van der Waals surface area contributed by atoms with Crippen molar-refractivity contribution >= 4 is 0 Å². The molecule has 0 fully saturated rings. The van der Waals surface area contributed by atoms with E-state index in [9.17, 15) is 0 Å². The highest BCUT2D eigenvalue weighted by Gasteiger charge is 2.22. The fourth-order valence-corrected chi connectivity index (χ4v) is 3.18. The average Bonchev–Trinajstić information content (AvgIpc) is 2.78. The summed E-state index contributed by atoms with van der Waals surface area (Å²) in [6.45, 7) is 0. The second-order valence-corrected chi connectivity index (χ2v) is 4.94. The minimum Gasteiger partial charge on any atom is -0.0838 e. The SMILES string of the molecule is C1=CCc2c(ccc3c2Cc2ccccc2-3)C1. The van der Waals surface area contributed by atoms with Crippen LogP contribution in [-0.4, -0.2) is 0 Å². The molecule has 0 atom stereocenters. The van der Waals surface area contributed by atoms with Crippen LogP contribution < -0.4 is 0 Å². The summed E-state index contributed by atoms with van der Waals surface area (Å²) in [5, 5.41) is 0. The van der Waals surface area contributed by atoms with E-state index in [4.69, 9.17) is 0 Å². The van der Waals surface area contributed by atoms with Crippen molar-refractivity contribution in [2.24, 2.45) is 0 Å². The van der Waals surface area contributed by atoms with Crippen molar-refractivity contribution in [1.82, 2.24) is 0 Å². The van der Waals surface area contributed by atoms with E-state index in [2.05, 4.69) is 48.6 Å². The Labute approximate surface area is 102 Å². The molecule has 0 spiro atoms. The average molecular weight is 218 g/mol. The van der Waals surface area contributed by atoms with Crippen molar-refractivity contribution in [3.8, 4) is 11.1 Å². The van der Waals surface area contributed by atoms with E-state index >= 15 is 0 Å². The topological polar surface area (TPSA) is 0 Å². The molecule has 0 heterocycles. The largest absolute Gasteiger partial charge is 0.0838 e. The molecule has 2 aromatic carbocycles. The molecule has 82 valence electrons. The summed E-state index contributed by atoms with van der Waals surface area (Å²) in [4.78, 5) is 0. The Hall–Kier alpha value is -1.82. The smallest absolute Gasteiger partial charge is 0.00105 e. The van der Waals surface area contributed by atoms with Gasteiger partial charge in [0.05, 0.1) is 0 Å². The predicted octanol–water partition coefficient (Wildman–Crippen LogP) is 3.91. The third kappa shape index (κ3) is 1.24. The highest BCUT2D eigenvalue weighted by Crippen LogP contribution is 2.40. The van der Waals surface area contributed by atoms with Crippen LogP contribution in [0.4, 0.5) is 0 Å². The quantitative estimate of drug-likeness (QED) is 0.502. The molecular formula is C17H14. The van der Waals surface area contributed by atoms with Crippen LogP contribution in [0.25, 0.3) is 11.1 Å². The number of benzene rings is 2. The zero-order valence-corrected chi connectivity index (χ0v) is 9.74. The molecule has 2 aromatic rings. The fraction of sp³-hybridized carbons (Fsp3) is 0.176. The maximum atomic E-state index is 2.32. The third-order valence-corrected chi connectivity index (χ3v) is 4.03. The van der Waals surface area contributed by atoms with Gasteiger partial charge in [0.2, 0.25) is 0 Å². The van der Waals surface area contributed by atoms with Gasteiger partial charge in [0.1, 0.15) is 0 Å². The number of rotatable bonds is 0. The normalized spacial score (nSPS) is 15.3. The zero-order valence-electron chi connectivity index (χ0n) is 9.74. The van der Waals surface area contributed by atoms with Gasteiger partial charge in [0.15, 0.2) is 0 Å². The van der Waals surface area contributed by atoms with Crippen molar-refractivity contribution in [3.05, 3.63) is 70.8 Å². The lowest BCUT2D eigenvalue weighted by Gasteiger charge is -2.15. The third-order valence-electron chi connectivity index (χ3n) is 4.03. The van der Waals surface area contributed by atoms with Gasteiger partial charge in [-0.15, -0.1) is 0 Å². The molecule has 2 aliphatic carbocycles. The molecule has 0 amide bonds. The molecule has 0 aliphatic heterocycles. The highest BCUT2D eigenvalue weighted by molar-refractivity contribution is 5.78. The van der Waals surface area contributed by atoms with Crippen molar-refractivity contribution < 1.29 is 0 Å². The van der Waals surface area contributed by atoms with Crippen molar-refractivity contribution in [1.29, 1.82) is 0 Å². The van der Waals surface area contributed by atoms with Crippen molar-refractivity contribution in [2.75, 3.05) is 0 Å². The van der Waals surface area contributed by atoms with Gasteiger partial charge >= 0.3 is 0 Å². The zero-order chi connectivity index (χ0) is 11.2. The summed E-state index contributed by atoms with van der Waals surface area (Å²) in [5.41, 5.74) is 9.09. The van der Waals surface area contributed by atoms with E-state index in [1.807, 2.05) is 0 Å². The molecule has 2 aliphatic rings. The van der Waals surface area contributed by atoms with Crippen LogP contribution in [0, 0.1) is 0 Å². The minimum absolute atomic E-state index is 1.11. The van der Waals surface area contributed by atoms with Crippen molar-refractivity contribution in [2.45, 2.75) is 19.3 Å². The first kappa shape index (κ1) is 9.23. The lowest BCUT2D eigenvalue weighted by atomic mass is 9.89. The summed E-state index contributed by atoms with van der Waals surface area (Å²) in [6.07, 6.45) is 7.95. The molecule has 0 saturated carbocycles. The summed E-state index contributed by atoms with van der Waals surface area (Å²) < 4.78 is 0. The molecule has 0 heteroatoms. The maximum absolute atomic E-state index is 2.32. The van der Waals surface area contributed by atoms with E-state index in [-0.39, 0.29) is 0 Å². The van der Waals surface area contributed by atoms with Crippen LogP contribution in [-0.2, 0) is 19.3 Å². The van der Waals surface area contributed by atoms with Crippen LogP contribution in [0.3, 0.4) is 0 Å². The Morgan fingerprint density at radius 3 is 2.53 bits per heavy atom. The first-order chi connectivity index (χ1) is 8.43. The molecule has 4 rings (SSSR count). The standard InChI is InChI=1S/C17H14/c1-3-7-14-12(5-1)9-10-16-15-8-4-2-6-13(15)11-17(14)16/h1-4,6,8-10H,5,7,11H2. The summed E-state index contributed by atoms with van der Waals surface area (Å²) in [6, 6.07) is 13.5. The predicted molar refractivity (Wildman–Crippen MR) is 71.2 cm³/mol. The first-order valence-corrected chi connectivity index (χ1v) is 6.30. The molecule has 0 saturated heterocycles. The molecule has 0 nitrogen and oxygen atoms in total. The van der Waals surface area contributed by atoms with Gasteiger partial charge in [-0.2, -0.15) is 0 Å². The van der Waals surface area contributed by atoms with Crippen molar-refractivity contribution in [3.63, 3.8) is 0 Å². The Morgan fingerprint density at radius 1 is 0.647 bits per heavy atom. The number of fused-ring (bicyclic) bond motifs is 5. The Kier molecular flexibility index (Phi) is 1.81. The first-order valence-electron chi connectivity index (χ1n) is 6.30.